The molecule has 20 N–H and O–H groups in total. The van der Waals surface area contributed by atoms with Crippen molar-refractivity contribution in [2.75, 3.05) is 85.6 Å². The van der Waals surface area contributed by atoms with E-state index in [1.807, 2.05) is 124 Å². The largest absolute Gasteiger partial charge is 0.454 e. The molecule has 0 saturated carbocycles. The Hall–Kier alpha value is -12.3. The Morgan fingerprint density at radius 3 is 0.869 bits per heavy atom. The smallest absolute Gasteiger partial charge is 0.268 e. The third kappa shape index (κ3) is 38.7. The number of halogens is 1. The van der Waals surface area contributed by atoms with Crippen LogP contribution in [0.2, 0.25) is 0 Å². The summed E-state index contributed by atoms with van der Waals surface area (Å²) >= 11 is 0. The Morgan fingerprint density at radius 1 is 0.307 bits per heavy atom. The van der Waals surface area contributed by atoms with Gasteiger partial charge < -0.3 is 71.5 Å². The molecule has 11 rings (SSSR count). The van der Waals surface area contributed by atoms with Gasteiger partial charge in [-0.15, -0.1) is 0 Å². The van der Waals surface area contributed by atoms with E-state index in [9.17, 15) is 51.3 Å². The van der Waals surface area contributed by atoms with Crippen molar-refractivity contribution in [2.24, 2.45) is 25.7 Å². The minimum atomic E-state index is -4.12. The molecule has 0 aromatic heterocycles. The molecule has 738 valence electrons. The molecule has 0 aliphatic rings. The summed E-state index contributed by atoms with van der Waals surface area (Å²) in [6.07, 6.45) is 8.74. The molecule has 32 nitrogen and oxygen atoms in total. The Bertz CT molecular complexity index is 6260. The summed E-state index contributed by atoms with van der Waals surface area (Å²) in [5.74, 6) is 2.36. The highest BCUT2D eigenvalue weighted by Gasteiger charge is 2.29. The second kappa shape index (κ2) is 57.7. The second-order valence-corrected chi connectivity index (χ2v) is 38.6. The number of carbonyl (C=O) groups is 1. The van der Waals surface area contributed by atoms with Crippen LogP contribution in [0.25, 0.3) is 4.85 Å². The standard InChI is InChI=1S/C22H24FN3O3S.C20H29N3O3S.C19H24N4O3S.C19H25N3O4S.C19H27N3O3S/c1-2-25-14-17-12-20(26-15-16-6-4-3-5-7-16)22(21(13-17)30(24,27)28)29-19-10-8-18(23)9-11-19;1-3-5-12-23-18-13-16(15-22-11-4-2)14-19(27(21,24)25)20(18)26-17-9-7-6-8-10-17;1-3-4-10-23-17-11-15(13-22-14-21-2)12-18(27(20,24)25)19(17)26-16-8-6-5-7-9-16;1-3-5-11-22-16-12-14(19(23)21-4-2)13-17(27(20,24)25)18(16)26-15-9-7-6-8-10-15;1-3-5-11-22-17-12-15(14-21-4-2)13-18(26(20,23)24)19(17)25-16-9-7-6-8-10-16/h3-13,25-26H,2,14-15H2,1H3,(H2,24,27,28);6-10,13-14,22-23H,3-5,11-12,15H2,1-2H3,(H2,21,24,25);5-9,11-12,22-23H,3-4,10,13-14H2,1H3,(H2,20,24,25);6-10,12-13,22H,3-5,11H2,1-2H3,(H,21,23)(H2,20,24,25);6-10,12-13,21-22H,3-5,11,14H2,1-2H3,(H2,20,23,24). The first-order valence-corrected chi connectivity index (χ1v) is 52.8. The van der Waals surface area contributed by atoms with Gasteiger partial charge in [0.2, 0.25) is 50.1 Å². The molecule has 11 aromatic rings. The second-order valence-electron chi connectivity index (χ2n) is 31.0. The molecule has 0 aliphatic heterocycles. The first-order chi connectivity index (χ1) is 65.6. The van der Waals surface area contributed by atoms with Crippen LogP contribution in [-0.2, 0) is 82.8 Å². The van der Waals surface area contributed by atoms with Crippen LogP contribution >= 0.6 is 0 Å². The minimum Gasteiger partial charge on any atom is -0.454 e. The summed E-state index contributed by atoms with van der Waals surface area (Å²) in [5, 5.41) is 58.8. The zero-order valence-electron chi connectivity index (χ0n) is 78.6. The van der Waals surface area contributed by atoms with Crippen LogP contribution in [0.15, 0.2) is 261 Å². The van der Waals surface area contributed by atoms with Crippen molar-refractivity contribution in [1.29, 1.82) is 0 Å². The van der Waals surface area contributed by atoms with E-state index >= 15 is 0 Å². The molecule has 0 spiro atoms. The minimum absolute atomic E-state index is 0.0128. The number of benzene rings is 11. The summed E-state index contributed by atoms with van der Waals surface area (Å²) < 4.78 is 165. The molecule has 0 aliphatic carbocycles. The van der Waals surface area contributed by atoms with Gasteiger partial charge in [0, 0.05) is 71.0 Å². The van der Waals surface area contributed by atoms with Gasteiger partial charge in [-0.3, -0.25) is 9.64 Å². The topological polar surface area (TPSA) is 489 Å². The van der Waals surface area contributed by atoms with E-state index in [1.165, 1.54) is 42.5 Å². The molecular weight excluding hydrogens is 1850 g/mol. The van der Waals surface area contributed by atoms with E-state index in [-0.39, 0.29) is 71.4 Å². The number of hydrogen-bond acceptors (Lipinski definition) is 25. The van der Waals surface area contributed by atoms with Crippen molar-refractivity contribution < 1.29 is 75.0 Å². The quantitative estimate of drug-likeness (QED) is 0.0124. The Morgan fingerprint density at radius 2 is 0.584 bits per heavy atom. The van der Waals surface area contributed by atoms with Crippen molar-refractivity contribution in [3.05, 3.63) is 287 Å². The van der Waals surface area contributed by atoms with Crippen molar-refractivity contribution >= 4 is 84.5 Å². The van der Waals surface area contributed by atoms with Crippen molar-refractivity contribution in [1.82, 2.24) is 26.6 Å². The molecule has 0 unspecified atom stereocenters. The van der Waals surface area contributed by atoms with Gasteiger partial charge in [0.1, 0.15) is 59.0 Å². The van der Waals surface area contributed by atoms with Crippen LogP contribution in [0.5, 0.6) is 57.5 Å². The van der Waals surface area contributed by atoms with Crippen LogP contribution in [-0.4, -0.2) is 107 Å². The number of hydrogen-bond donors (Lipinski definition) is 15. The maximum atomic E-state index is 13.3. The fraction of sp³-hybridized carbons (Fsp3) is 0.313. The van der Waals surface area contributed by atoms with Gasteiger partial charge in [-0.2, -0.15) is 0 Å². The lowest BCUT2D eigenvalue weighted by atomic mass is 10.1. The first-order valence-electron chi connectivity index (χ1n) is 45.1. The lowest BCUT2D eigenvalue weighted by Crippen LogP contribution is -2.24. The fourth-order valence-electron chi connectivity index (χ4n) is 12.9. The lowest BCUT2D eigenvalue weighted by Gasteiger charge is -2.18. The van der Waals surface area contributed by atoms with Crippen LogP contribution in [0.3, 0.4) is 0 Å². The third-order valence-corrected chi connectivity index (χ3v) is 24.3. The maximum absolute atomic E-state index is 13.3. The number of nitrogens with one attached hydrogen (secondary N) is 10. The summed E-state index contributed by atoms with van der Waals surface area (Å²) in [4.78, 5) is 15.0. The summed E-state index contributed by atoms with van der Waals surface area (Å²) in [7, 11) is -20.1. The van der Waals surface area contributed by atoms with Crippen molar-refractivity contribution in [3.63, 3.8) is 0 Å². The Balaban J connectivity index is 0.000000233. The van der Waals surface area contributed by atoms with Gasteiger partial charge in [-0.05, 0) is 220 Å². The normalized spacial score (nSPS) is 11.2. The number of nitrogens with two attached hydrogens (primary N) is 5. The van der Waals surface area contributed by atoms with Gasteiger partial charge in [0.05, 0.1) is 28.4 Å². The van der Waals surface area contributed by atoms with E-state index in [2.05, 4.69) is 85.7 Å². The van der Waals surface area contributed by atoms with E-state index in [1.54, 1.807) is 97.9 Å². The number of carbonyl (C=O) groups excluding carboxylic acids is 1. The summed E-state index contributed by atoms with van der Waals surface area (Å²) in [5.41, 5.74) is 7.00. The zero-order chi connectivity index (χ0) is 99.8. The van der Waals surface area contributed by atoms with Crippen LogP contribution in [0, 0.1) is 12.4 Å². The monoisotopic (exact) mass is 1980 g/mol. The van der Waals surface area contributed by atoms with E-state index in [0.717, 1.165) is 113 Å². The number of anilines is 5. The molecule has 1 amide bonds. The number of rotatable bonds is 49. The molecule has 0 heterocycles. The molecule has 0 fully saturated rings. The predicted molar refractivity (Wildman–Crippen MR) is 542 cm³/mol. The number of sulfonamides is 5. The number of unbranched alkanes of at least 4 members (excludes halogenated alkanes) is 4. The SMILES string of the molecule is CCCCNc1cc(C(=O)NCC)cc(S(N)(=O)=O)c1Oc1ccccc1.CCCCNc1cc(CNCC)cc(S(N)(=O)=O)c1Oc1ccccc1.CCCCNc1cc(CNCCC)cc(S(N)(=O)=O)c1Oc1ccccc1.CCNCc1cc(NCc2ccccc2)c(Oc2ccc(F)cc2)c(S(N)(=O)=O)c1.[C-]#[N+]CNCc1cc(NCCCC)c(Oc2ccccc2)c(S(N)(=O)=O)c1. The molecule has 0 radical (unpaired) electrons. The molecule has 0 saturated heterocycles. The average Bonchev–Trinajstić information content (AvgIpc) is 0.806. The van der Waals surface area contributed by atoms with Crippen LogP contribution < -0.4 is 103 Å². The Labute approximate surface area is 807 Å². The highest BCUT2D eigenvalue weighted by molar-refractivity contribution is 7.90. The molecule has 137 heavy (non-hydrogen) atoms. The lowest BCUT2D eigenvalue weighted by molar-refractivity contribution is 0.0955. The highest BCUT2D eigenvalue weighted by atomic mass is 32.2. The average molecular weight is 1980 g/mol. The molecule has 0 bridgehead atoms. The number of primary sulfonamides is 5. The van der Waals surface area contributed by atoms with Gasteiger partial charge in [-0.1, -0.05) is 177 Å². The number of para-hydroxylation sites is 4. The number of nitrogens with zero attached hydrogens (tertiary/aromatic N) is 1. The third-order valence-electron chi connectivity index (χ3n) is 19.7. The highest BCUT2D eigenvalue weighted by Crippen LogP contribution is 2.43. The molecule has 38 heteroatoms. The van der Waals surface area contributed by atoms with E-state index < -0.39 is 55.9 Å². The van der Waals surface area contributed by atoms with Crippen molar-refractivity contribution in [3.8, 4) is 57.5 Å². The molecule has 11 aromatic carbocycles. The summed E-state index contributed by atoms with van der Waals surface area (Å²) in [6, 6.07) is 67.3. The predicted octanol–water partition coefficient (Wildman–Crippen LogP) is 17.7. The van der Waals surface area contributed by atoms with Crippen LogP contribution in [0.4, 0.5) is 32.8 Å². The zero-order valence-corrected chi connectivity index (χ0v) is 82.6. The van der Waals surface area contributed by atoms with Gasteiger partial charge in [0.25, 0.3) is 12.6 Å². The van der Waals surface area contributed by atoms with E-state index in [0.29, 0.717) is 115 Å². The number of amides is 1. The number of ether oxygens (including phenoxy) is 5. The fourth-order valence-corrected chi connectivity index (χ4v) is 16.5. The first kappa shape index (κ1) is 112. The molecule has 0 atom stereocenters. The van der Waals surface area contributed by atoms with Gasteiger partial charge in [0.15, 0.2) is 28.7 Å². The maximum Gasteiger partial charge on any atom is 0.268 e. The summed E-state index contributed by atoms with van der Waals surface area (Å²) in [6.45, 7) is 31.0. The van der Waals surface area contributed by atoms with Gasteiger partial charge >= 0.3 is 0 Å². The Kier molecular flexibility index (Phi) is 47.0. The van der Waals surface area contributed by atoms with E-state index in [4.69, 9.17) is 56.0 Å². The van der Waals surface area contributed by atoms with Gasteiger partial charge in [-0.25, -0.2) is 84.1 Å². The molecular formula is C99H129FN16O16S5. The van der Waals surface area contributed by atoms with Crippen LogP contribution in [0.1, 0.15) is 151 Å². The van der Waals surface area contributed by atoms with Crippen molar-refractivity contribution in [2.45, 2.75) is 170 Å².